The fraction of sp³-hybridized carbons (Fsp3) is 0.273. The number of aromatic amines is 1. The number of halogens is 1. The van der Waals surface area contributed by atoms with Gasteiger partial charge in [-0.25, -0.2) is 9.37 Å². The van der Waals surface area contributed by atoms with E-state index in [1.165, 1.54) is 23.8 Å². The number of nitrogens with one attached hydrogen (secondary N) is 1. The molecule has 0 bridgehead atoms. The molecule has 154 valence electrons. The molecular weight excluding hydrogens is 387 g/mol. The number of benzene rings is 2. The van der Waals surface area contributed by atoms with Crippen molar-refractivity contribution in [1.29, 1.82) is 0 Å². The molecule has 0 aliphatic carbocycles. The molecule has 1 saturated heterocycles. The summed E-state index contributed by atoms with van der Waals surface area (Å²) in [5.74, 6) is 1.82. The van der Waals surface area contributed by atoms with Gasteiger partial charge in [0.2, 0.25) is 12.7 Å². The number of H-pyrrole nitrogens is 1. The molecule has 3 heterocycles. The van der Waals surface area contributed by atoms with Gasteiger partial charge in [0, 0.05) is 44.4 Å². The highest BCUT2D eigenvalue weighted by Crippen LogP contribution is 2.33. The molecule has 8 heteroatoms. The van der Waals surface area contributed by atoms with E-state index in [-0.39, 0.29) is 18.2 Å². The molecular formula is C22H21FN4O3. The molecule has 7 nitrogen and oxygen atoms in total. The van der Waals surface area contributed by atoms with Gasteiger partial charge in [0.25, 0.3) is 5.56 Å². The number of rotatable bonds is 4. The zero-order chi connectivity index (χ0) is 20.5. The average Bonchev–Trinajstić information content (AvgIpc) is 3.22. The average molecular weight is 408 g/mol. The molecule has 2 aliphatic rings. The quantitative estimate of drug-likeness (QED) is 0.716. The standard InChI is InChI=1S/C22H21FN4O3/c23-17-4-2-16(3-5-17)18-12-21(28)25-22(24-18)27-9-7-26(8-10-27)13-15-1-6-19-20(11-15)30-14-29-19/h1-6,11-12H,7-10,13-14H2,(H,24,25,28). The Morgan fingerprint density at radius 2 is 1.73 bits per heavy atom. The largest absolute Gasteiger partial charge is 0.454 e. The molecule has 0 saturated carbocycles. The maximum absolute atomic E-state index is 13.2. The third kappa shape index (κ3) is 3.86. The molecule has 1 aromatic heterocycles. The maximum atomic E-state index is 13.2. The van der Waals surface area contributed by atoms with E-state index in [9.17, 15) is 9.18 Å². The van der Waals surface area contributed by atoms with E-state index in [1.807, 2.05) is 12.1 Å². The second-order valence-corrected chi connectivity index (χ2v) is 7.41. The Bertz CT molecular complexity index is 1110. The van der Waals surface area contributed by atoms with Crippen molar-refractivity contribution < 1.29 is 13.9 Å². The summed E-state index contributed by atoms with van der Waals surface area (Å²) >= 11 is 0. The fourth-order valence-corrected chi connectivity index (χ4v) is 3.78. The van der Waals surface area contributed by atoms with Gasteiger partial charge in [0.15, 0.2) is 11.5 Å². The summed E-state index contributed by atoms with van der Waals surface area (Å²) in [7, 11) is 0. The van der Waals surface area contributed by atoms with Gasteiger partial charge in [-0.2, -0.15) is 0 Å². The monoisotopic (exact) mass is 408 g/mol. The van der Waals surface area contributed by atoms with Crippen LogP contribution in [0.3, 0.4) is 0 Å². The van der Waals surface area contributed by atoms with Crippen LogP contribution in [0, 0.1) is 5.82 Å². The topological polar surface area (TPSA) is 70.7 Å². The van der Waals surface area contributed by atoms with Crippen molar-refractivity contribution in [3.63, 3.8) is 0 Å². The Balaban J connectivity index is 1.26. The molecule has 5 rings (SSSR count). The minimum atomic E-state index is -0.317. The predicted molar refractivity (Wildman–Crippen MR) is 110 cm³/mol. The molecule has 3 aromatic rings. The van der Waals surface area contributed by atoms with Crippen LogP contribution >= 0.6 is 0 Å². The summed E-state index contributed by atoms with van der Waals surface area (Å²) in [4.78, 5) is 24.0. The number of piperazine rings is 1. The van der Waals surface area contributed by atoms with E-state index in [4.69, 9.17) is 9.47 Å². The lowest BCUT2D eigenvalue weighted by molar-refractivity contribution is 0.174. The minimum absolute atomic E-state index is 0.220. The third-order valence-electron chi connectivity index (χ3n) is 5.38. The van der Waals surface area contributed by atoms with E-state index in [0.717, 1.165) is 44.2 Å². The van der Waals surface area contributed by atoms with Gasteiger partial charge in [-0.3, -0.25) is 14.7 Å². The van der Waals surface area contributed by atoms with Crippen LogP contribution in [0.25, 0.3) is 11.3 Å². The van der Waals surface area contributed by atoms with E-state index in [1.54, 1.807) is 12.1 Å². The molecule has 2 aliphatic heterocycles. The first kappa shape index (κ1) is 18.6. The highest BCUT2D eigenvalue weighted by Gasteiger charge is 2.21. The summed E-state index contributed by atoms with van der Waals surface area (Å²) in [6, 6.07) is 13.5. The molecule has 0 atom stereocenters. The van der Waals surface area contributed by atoms with Crippen molar-refractivity contribution >= 4 is 5.95 Å². The molecule has 0 amide bonds. The number of hydrogen-bond acceptors (Lipinski definition) is 6. The van der Waals surface area contributed by atoms with Gasteiger partial charge in [-0.15, -0.1) is 0 Å². The summed E-state index contributed by atoms with van der Waals surface area (Å²) < 4.78 is 24.0. The van der Waals surface area contributed by atoms with Crippen LogP contribution in [0.1, 0.15) is 5.56 Å². The van der Waals surface area contributed by atoms with Crippen LogP contribution in [-0.2, 0) is 6.54 Å². The molecule has 1 fully saturated rings. The fourth-order valence-electron chi connectivity index (χ4n) is 3.78. The van der Waals surface area contributed by atoms with Crippen molar-refractivity contribution in [2.45, 2.75) is 6.54 Å². The first-order valence-electron chi connectivity index (χ1n) is 9.87. The lowest BCUT2D eigenvalue weighted by Crippen LogP contribution is -2.47. The highest BCUT2D eigenvalue weighted by atomic mass is 19.1. The summed E-state index contributed by atoms with van der Waals surface area (Å²) in [5, 5.41) is 0. The second-order valence-electron chi connectivity index (χ2n) is 7.41. The Morgan fingerprint density at radius 1 is 0.967 bits per heavy atom. The smallest absolute Gasteiger partial charge is 0.252 e. The number of aromatic nitrogens is 2. The van der Waals surface area contributed by atoms with Gasteiger partial charge in [0.1, 0.15) is 5.82 Å². The van der Waals surface area contributed by atoms with Crippen LogP contribution in [0.15, 0.2) is 53.3 Å². The Kier molecular flexibility index (Phi) is 4.84. The third-order valence-corrected chi connectivity index (χ3v) is 5.38. The van der Waals surface area contributed by atoms with Crippen LogP contribution in [0.5, 0.6) is 11.5 Å². The lowest BCUT2D eigenvalue weighted by atomic mass is 10.1. The van der Waals surface area contributed by atoms with Crippen molar-refractivity contribution in [1.82, 2.24) is 14.9 Å². The normalized spacial score (nSPS) is 16.1. The van der Waals surface area contributed by atoms with Crippen molar-refractivity contribution in [2.75, 3.05) is 37.9 Å². The molecule has 0 radical (unpaired) electrons. The van der Waals surface area contributed by atoms with E-state index >= 15 is 0 Å². The first-order chi connectivity index (χ1) is 14.6. The number of fused-ring (bicyclic) bond motifs is 1. The number of ether oxygens (including phenoxy) is 2. The number of anilines is 1. The molecule has 0 spiro atoms. The first-order valence-corrected chi connectivity index (χ1v) is 9.87. The van der Waals surface area contributed by atoms with E-state index < -0.39 is 0 Å². The number of nitrogens with zero attached hydrogens (tertiary/aromatic N) is 3. The van der Waals surface area contributed by atoms with E-state index in [0.29, 0.717) is 17.2 Å². The molecule has 0 unspecified atom stereocenters. The van der Waals surface area contributed by atoms with Gasteiger partial charge in [-0.05, 0) is 42.0 Å². The summed E-state index contributed by atoms with van der Waals surface area (Å²) in [6.45, 7) is 4.29. The molecule has 2 aromatic carbocycles. The predicted octanol–water partition coefficient (Wildman–Crippen LogP) is 2.63. The maximum Gasteiger partial charge on any atom is 0.252 e. The zero-order valence-corrected chi connectivity index (χ0v) is 16.3. The Hall–Kier alpha value is -3.39. The SMILES string of the molecule is O=c1cc(-c2ccc(F)cc2)nc(N2CCN(Cc3ccc4c(c3)OCO4)CC2)[nH]1. The lowest BCUT2D eigenvalue weighted by Gasteiger charge is -2.35. The van der Waals surface area contributed by atoms with Gasteiger partial charge < -0.3 is 14.4 Å². The second kappa shape index (κ2) is 7.79. The van der Waals surface area contributed by atoms with Crippen molar-refractivity contribution in [3.05, 3.63) is 70.3 Å². The minimum Gasteiger partial charge on any atom is -0.454 e. The number of hydrogen-bond donors (Lipinski definition) is 1. The van der Waals surface area contributed by atoms with Gasteiger partial charge >= 0.3 is 0 Å². The zero-order valence-electron chi connectivity index (χ0n) is 16.3. The van der Waals surface area contributed by atoms with Crippen molar-refractivity contribution in [2.24, 2.45) is 0 Å². The molecule has 30 heavy (non-hydrogen) atoms. The van der Waals surface area contributed by atoms with Crippen LogP contribution < -0.4 is 19.9 Å². The van der Waals surface area contributed by atoms with Crippen LogP contribution in [-0.4, -0.2) is 47.8 Å². The highest BCUT2D eigenvalue weighted by molar-refractivity contribution is 5.60. The summed E-state index contributed by atoms with van der Waals surface area (Å²) in [6.07, 6.45) is 0. The molecule has 1 N–H and O–H groups in total. The summed E-state index contributed by atoms with van der Waals surface area (Å²) in [5.41, 5.74) is 2.21. The Morgan fingerprint density at radius 3 is 2.53 bits per heavy atom. The van der Waals surface area contributed by atoms with Gasteiger partial charge in [-0.1, -0.05) is 6.07 Å². The van der Waals surface area contributed by atoms with E-state index in [2.05, 4.69) is 25.8 Å². The van der Waals surface area contributed by atoms with Crippen molar-refractivity contribution in [3.8, 4) is 22.8 Å². The van der Waals surface area contributed by atoms with Gasteiger partial charge in [0.05, 0.1) is 5.69 Å². The van der Waals surface area contributed by atoms with Crippen LogP contribution in [0.4, 0.5) is 10.3 Å². The Labute approximate surface area is 172 Å². The van der Waals surface area contributed by atoms with Crippen LogP contribution in [0.2, 0.25) is 0 Å².